The van der Waals surface area contributed by atoms with Crippen molar-refractivity contribution in [3.05, 3.63) is 42.1 Å². The second-order valence-electron chi connectivity index (χ2n) is 3.98. The highest BCUT2D eigenvalue weighted by Crippen LogP contribution is 2.23. The number of nitrogen functional groups attached to an aromatic ring is 1. The van der Waals surface area contributed by atoms with E-state index in [9.17, 15) is 4.79 Å². The van der Waals surface area contributed by atoms with Crippen LogP contribution in [-0.4, -0.2) is 25.2 Å². The Hall–Kier alpha value is -2.76. The van der Waals surface area contributed by atoms with E-state index in [2.05, 4.69) is 15.0 Å². The number of esters is 1. The van der Waals surface area contributed by atoms with Crippen LogP contribution in [0.5, 0.6) is 5.75 Å². The van der Waals surface area contributed by atoms with Gasteiger partial charge in [0.15, 0.2) is 11.5 Å². The number of carbonyl (C=O) groups is 1. The van der Waals surface area contributed by atoms with Crippen LogP contribution in [0.3, 0.4) is 0 Å². The molecule has 1 aromatic heterocycles. The van der Waals surface area contributed by atoms with E-state index in [0.717, 1.165) is 11.4 Å². The zero-order chi connectivity index (χ0) is 14.5. The summed E-state index contributed by atoms with van der Waals surface area (Å²) >= 11 is 0. The fraction of sp³-hybridized carbons (Fsp3) is 0.143. The number of nitrogens with two attached hydrogens (primary N) is 1. The molecule has 0 atom stereocenters. The maximum Gasteiger partial charge on any atom is 0.356 e. The van der Waals surface area contributed by atoms with Crippen LogP contribution in [0.4, 0.5) is 17.2 Å². The van der Waals surface area contributed by atoms with Gasteiger partial charge in [0.05, 0.1) is 19.9 Å². The van der Waals surface area contributed by atoms with E-state index >= 15 is 0 Å². The maximum absolute atomic E-state index is 11.4. The molecule has 2 rings (SSSR count). The molecule has 0 bridgehead atoms. The quantitative estimate of drug-likeness (QED) is 0.830. The van der Waals surface area contributed by atoms with E-state index in [1.165, 1.54) is 13.2 Å². The maximum atomic E-state index is 11.4. The predicted molar refractivity (Wildman–Crippen MR) is 76.3 cm³/mol. The van der Waals surface area contributed by atoms with Crippen molar-refractivity contribution in [3.8, 4) is 5.75 Å². The minimum Gasteiger partial charge on any atom is -0.497 e. The number of hydrogen-bond acceptors (Lipinski definition) is 6. The Kier molecular flexibility index (Phi) is 4.05. The summed E-state index contributed by atoms with van der Waals surface area (Å²) in [6.07, 6.45) is 0. The Balaban J connectivity index is 2.25. The van der Waals surface area contributed by atoms with Crippen molar-refractivity contribution in [3.63, 3.8) is 0 Å². The van der Waals surface area contributed by atoms with E-state index < -0.39 is 5.97 Å². The SMILES string of the molecule is COC(=O)c1ccc(N)c(Nc2ccc(OC)cc2)n1. The van der Waals surface area contributed by atoms with Gasteiger partial charge in [-0.25, -0.2) is 9.78 Å². The van der Waals surface area contributed by atoms with Gasteiger partial charge >= 0.3 is 5.97 Å². The van der Waals surface area contributed by atoms with Crippen molar-refractivity contribution in [2.45, 2.75) is 0 Å². The van der Waals surface area contributed by atoms with Gasteiger partial charge in [-0.2, -0.15) is 0 Å². The van der Waals surface area contributed by atoms with Gasteiger partial charge in [0, 0.05) is 5.69 Å². The topological polar surface area (TPSA) is 86.5 Å². The summed E-state index contributed by atoms with van der Waals surface area (Å²) in [7, 11) is 2.90. The van der Waals surface area contributed by atoms with E-state index in [0.29, 0.717) is 11.5 Å². The zero-order valence-electron chi connectivity index (χ0n) is 11.2. The first kappa shape index (κ1) is 13.7. The minimum absolute atomic E-state index is 0.192. The number of aromatic nitrogens is 1. The van der Waals surface area contributed by atoms with Gasteiger partial charge in [-0.1, -0.05) is 0 Å². The van der Waals surface area contributed by atoms with Gasteiger partial charge in [-0.05, 0) is 36.4 Å². The summed E-state index contributed by atoms with van der Waals surface area (Å²) in [5, 5.41) is 3.04. The number of nitrogens with zero attached hydrogens (tertiary/aromatic N) is 1. The third-order valence-corrected chi connectivity index (χ3v) is 2.67. The summed E-state index contributed by atoms with van der Waals surface area (Å²) in [4.78, 5) is 15.6. The molecular weight excluding hydrogens is 258 g/mol. The number of hydrogen-bond donors (Lipinski definition) is 2. The molecule has 2 aromatic rings. The van der Waals surface area contributed by atoms with Gasteiger partial charge in [-0.15, -0.1) is 0 Å². The first-order valence-electron chi connectivity index (χ1n) is 5.90. The van der Waals surface area contributed by atoms with Crippen molar-refractivity contribution < 1.29 is 14.3 Å². The number of carbonyl (C=O) groups excluding carboxylic acids is 1. The fourth-order valence-electron chi connectivity index (χ4n) is 1.60. The Morgan fingerprint density at radius 2 is 1.85 bits per heavy atom. The van der Waals surface area contributed by atoms with Crippen molar-refractivity contribution in [2.24, 2.45) is 0 Å². The highest BCUT2D eigenvalue weighted by Gasteiger charge is 2.10. The summed E-state index contributed by atoms with van der Waals surface area (Å²) < 4.78 is 9.70. The molecule has 0 spiro atoms. The van der Waals surface area contributed by atoms with Gasteiger partial charge in [0.2, 0.25) is 0 Å². The number of rotatable bonds is 4. The van der Waals surface area contributed by atoms with E-state index in [1.54, 1.807) is 13.2 Å². The van der Waals surface area contributed by atoms with Gasteiger partial charge in [0.25, 0.3) is 0 Å². The van der Waals surface area contributed by atoms with Crippen LogP contribution in [0.1, 0.15) is 10.5 Å². The lowest BCUT2D eigenvalue weighted by atomic mass is 10.2. The second kappa shape index (κ2) is 5.92. The molecular formula is C14H15N3O3. The van der Waals surface area contributed by atoms with E-state index in [-0.39, 0.29) is 5.69 Å². The number of methoxy groups -OCH3 is 2. The second-order valence-corrected chi connectivity index (χ2v) is 3.98. The standard InChI is InChI=1S/C14H15N3O3/c1-19-10-5-3-9(4-6-10)16-13-11(15)7-8-12(17-13)14(18)20-2/h3-8H,15H2,1-2H3,(H,16,17). The summed E-state index contributed by atoms with van der Waals surface area (Å²) in [6.45, 7) is 0. The lowest BCUT2D eigenvalue weighted by molar-refractivity contribution is 0.0594. The normalized spacial score (nSPS) is 9.90. The molecule has 0 radical (unpaired) electrons. The first-order valence-corrected chi connectivity index (χ1v) is 5.90. The predicted octanol–water partition coefficient (Wildman–Crippen LogP) is 2.20. The molecule has 0 aliphatic carbocycles. The molecule has 0 amide bonds. The van der Waals surface area contributed by atoms with Gasteiger partial charge in [0.1, 0.15) is 5.75 Å². The number of pyridine rings is 1. The average Bonchev–Trinajstić information content (AvgIpc) is 2.49. The highest BCUT2D eigenvalue weighted by atomic mass is 16.5. The zero-order valence-corrected chi connectivity index (χ0v) is 11.2. The highest BCUT2D eigenvalue weighted by molar-refractivity contribution is 5.88. The largest absolute Gasteiger partial charge is 0.497 e. The van der Waals surface area contributed by atoms with E-state index in [4.69, 9.17) is 10.5 Å². The van der Waals surface area contributed by atoms with Crippen molar-refractivity contribution >= 4 is 23.2 Å². The van der Waals surface area contributed by atoms with Gasteiger partial charge in [-0.3, -0.25) is 0 Å². The molecule has 0 saturated heterocycles. The molecule has 1 heterocycles. The Morgan fingerprint density at radius 3 is 2.45 bits per heavy atom. The molecule has 20 heavy (non-hydrogen) atoms. The third-order valence-electron chi connectivity index (χ3n) is 2.67. The minimum atomic E-state index is -0.511. The summed E-state index contributed by atoms with van der Waals surface area (Å²) in [5.41, 5.74) is 7.25. The number of benzene rings is 1. The van der Waals surface area contributed by atoms with Crippen LogP contribution in [-0.2, 0) is 4.74 Å². The third kappa shape index (κ3) is 2.97. The molecule has 0 unspecified atom stereocenters. The van der Waals surface area contributed by atoms with Crippen molar-refractivity contribution in [1.29, 1.82) is 0 Å². The van der Waals surface area contributed by atoms with Crippen LogP contribution in [0.2, 0.25) is 0 Å². The number of ether oxygens (including phenoxy) is 2. The molecule has 0 aliphatic rings. The molecule has 6 heteroatoms. The van der Waals surface area contributed by atoms with E-state index in [1.807, 2.05) is 24.3 Å². The van der Waals surface area contributed by atoms with Crippen LogP contribution < -0.4 is 15.8 Å². The lowest BCUT2D eigenvalue weighted by Gasteiger charge is -2.10. The van der Waals surface area contributed by atoms with Crippen molar-refractivity contribution in [2.75, 3.05) is 25.3 Å². The smallest absolute Gasteiger partial charge is 0.356 e. The van der Waals surface area contributed by atoms with Crippen LogP contribution >= 0.6 is 0 Å². The monoisotopic (exact) mass is 273 g/mol. The Labute approximate surface area is 116 Å². The fourth-order valence-corrected chi connectivity index (χ4v) is 1.60. The van der Waals surface area contributed by atoms with Crippen LogP contribution in [0, 0.1) is 0 Å². The van der Waals surface area contributed by atoms with Crippen LogP contribution in [0.25, 0.3) is 0 Å². The van der Waals surface area contributed by atoms with Crippen molar-refractivity contribution in [1.82, 2.24) is 4.98 Å². The average molecular weight is 273 g/mol. The summed E-state index contributed by atoms with van der Waals surface area (Å²) in [5.74, 6) is 0.639. The molecule has 3 N–H and O–H groups in total. The van der Waals surface area contributed by atoms with Crippen LogP contribution in [0.15, 0.2) is 36.4 Å². The van der Waals surface area contributed by atoms with Gasteiger partial charge < -0.3 is 20.5 Å². The Morgan fingerprint density at radius 1 is 1.15 bits per heavy atom. The molecule has 104 valence electrons. The molecule has 6 nitrogen and oxygen atoms in total. The lowest BCUT2D eigenvalue weighted by Crippen LogP contribution is -2.07. The molecule has 0 aliphatic heterocycles. The first-order chi connectivity index (χ1) is 9.63. The molecule has 0 fully saturated rings. The Bertz CT molecular complexity index is 612. The number of anilines is 3. The summed E-state index contributed by atoms with van der Waals surface area (Å²) in [6, 6.07) is 10.4. The number of nitrogens with one attached hydrogen (secondary N) is 1. The molecule has 0 saturated carbocycles. The molecule has 1 aromatic carbocycles.